The second-order valence-electron chi connectivity index (χ2n) is 6.15. The second-order valence-corrected chi connectivity index (χ2v) is 6.56. The molecule has 1 aromatic carbocycles. The van der Waals surface area contributed by atoms with E-state index in [0.717, 1.165) is 18.8 Å². The van der Waals surface area contributed by atoms with E-state index in [-0.39, 0.29) is 5.41 Å². The Labute approximate surface area is 138 Å². The van der Waals surface area contributed by atoms with Gasteiger partial charge in [0.05, 0.1) is 29.2 Å². The number of anilines is 1. The predicted octanol–water partition coefficient (Wildman–Crippen LogP) is 2.31. The number of nitriles is 1. The molecule has 7 heteroatoms. The molecule has 0 aliphatic carbocycles. The van der Waals surface area contributed by atoms with Crippen LogP contribution in [0, 0.1) is 24.2 Å². The number of hydrogen-bond acceptors (Lipinski definition) is 6. The second kappa shape index (κ2) is 5.22. The topological polar surface area (TPSA) is 75.2 Å². The fourth-order valence-corrected chi connectivity index (χ4v) is 3.74. The number of hydrogen-bond donors (Lipinski definition) is 0. The Hall–Kier alpha value is -2.10. The molecule has 0 N–H and O–H groups in total. The van der Waals surface area contributed by atoms with Gasteiger partial charge in [0.15, 0.2) is 0 Å². The van der Waals surface area contributed by atoms with Crippen molar-refractivity contribution in [3.05, 3.63) is 40.6 Å². The number of nitrogens with zero attached hydrogens (tertiary/aromatic N) is 4. The van der Waals surface area contributed by atoms with Crippen LogP contribution in [0.3, 0.4) is 0 Å². The first-order chi connectivity index (χ1) is 11.1. The molecule has 0 unspecified atom stereocenters. The summed E-state index contributed by atoms with van der Waals surface area (Å²) < 4.78 is 11.4. The van der Waals surface area contributed by atoms with Gasteiger partial charge < -0.3 is 14.1 Å². The van der Waals surface area contributed by atoms with Crippen molar-refractivity contribution in [1.82, 2.24) is 10.2 Å². The van der Waals surface area contributed by atoms with Crippen molar-refractivity contribution in [2.24, 2.45) is 5.92 Å². The highest BCUT2D eigenvalue weighted by Crippen LogP contribution is 2.44. The molecule has 0 saturated carbocycles. The summed E-state index contributed by atoms with van der Waals surface area (Å²) in [6.45, 7) is 4.64. The van der Waals surface area contributed by atoms with Gasteiger partial charge in [-0.15, -0.1) is 10.2 Å². The van der Waals surface area contributed by atoms with Crippen molar-refractivity contribution in [2.75, 3.05) is 31.2 Å². The van der Waals surface area contributed by atoms with Gasteiger partial charge >= 0.3 is 0 Å². The summed E-state index contributed by atoms with van der Waals surface area (Å²) in [5, 5.41) is 17.7. The Kier molecular flexibility index (Phi) is 3.29. The van der Waals surface area contributed by atoms with Crippen molar-refractivity contribution < 1.29 is 9.15 Å². The third-order valence-electron chi connectivity index (χ3n) is 4.76. The zero-order chi connectivity index (χ0) is 16.0. The van der Waals surface area contributed by atoms with E-state index in [1.807, 2.05) is 12.1 Å². The fourth-order valence-electron chi connectivity index (χ4n) is 3.52. The van der Waals surface area contributed by atoms with Crippen LogP contribution in [-0.2, 0) is 10.2 Å². The molecule has 0 bridgehead atoms. The van der Waals surface area contributed by atoms with Crippen molar-refractivity contribution in [3.8, 4) is 6.07 Å². The maximum absolute atomic E-state index is 9.01. The van der Waals surface area contributed by atoms with Crippen LogP contribution in [0.4, 0.5) is 5.69 Å². The Balaban J connectivity index is 1.67. The number of benzene rings is 1. The minimum atomic E-state index is -0.262. The monoisotopic (exact) mass is 330 g/mol. The number of rotatable bonds is 2. The summed E-state index contributed by atoms with van der Waals surface area (Å²) in [5.74, 6) is 1.52. The molecule has 2 aliphatic heterocycles. The minimum Gasteiger partial charge on any atom is -0.425 e. The molecule has 23 heavy (non-hydrogen) atoms. The molecule has 0 amide bonds. The fraction of sp³-hybridized carbons (Fsp3) is 0.438. The Bertz CT molecular complexity index is 800. The van der Waals surface area contributed by atoms with Crippen molar-refractivity contribution in [3.63, 3.8) is 0 Å². The van der Waals surface area contributed by atoms with Crippen LogP contribution >= 0.6 is 11.6 Å². The van der Waals surface area contributed by atoms with Gasteiger partial charge in [0.1, 0.15) is 6.07 Å². The standard InChI is InChI=1S/C16H15ClN4O2/c1-10-19-20-15(23-10)16-8-21(6-12(16)7-22-9-16)13-3-2-11(5-18)14(17)4-13/h2-4,12H,6-9H2,1H3/t12-,16-/m0/s1. The molecule has 0 spiro atoms. The van der Waals surface area contributed by atoms with Crippen LogP contribution in [-0.4, -0.2) is 36.5 Å². The zero-order valence-corrected chi connectivity index (χ0v) is 13.4. The molecule has 2 aliphatic rings. The lowest BCUT2D eigenvalue weighted by atomic mass is 9.81. The summed E-state index contributed by atoms with van der Waals surface area (Å²) in [7, 11) is 0. The van der Waals surface area contributed by atoms with Gasteiger partial charge in [0.25, 0.3) is 0 Å². The van der Waals surface area contributed by atoms with Crippen LogP contribution in [0.1, 0.15) is 17.3 Å². The number of fused-ring (bicyclic) bond motifs is 1. The molecule has 2 fully saturated rings. The smallest absolute Gasteiger partial charge is 0.227 e. The van der Waals surface area contributed by atoms with E-state index in [1.54, 1.807) is 13.0 Å². The highest BCUT2D eigenvalue weighted by Gasteiger charge is 2.55. The summed E-state index contributed by atoms with van der Waals surface area (Å²) in [6, 6.07) is 7.61. The maximum atomic E-state index is 9.01. The molecule has 2 saturated heterocycles. The van der Waals surface area contributed by atoms with Gasteiger partial charge in [-0.1, -0.05) is 11.6 Å². The highest BCUT2D eigenvalue weighted by molar-refractivity contribution is 6.32. The predicted molar refractivity (Wildman–Crippen MR) is 83.4 cm³/mol. The lowest BCUT2D eigenvalue weighted by Gasteiger charge is -2.24. The Morgan fingerprint density at radius 3 is 3.00 bits per heavy atom. The van der Waals surface area contributed by atoms with Crippen LogP contribution in [0.2, 0.25) is 5.02 Å². The molecule has 4 rings (SSSR count). The lowest BCUT2D eigenvalue weighted by molar-refractivity contribution is 0.166. The number of aryl methyl sites for hydroxylation is 1. The number of ether oxygens (including phenoxy) is 1. The summed E-state index contributed by atoms with van der Waals surface area (Å²) in [5.41, 5.74) is 1.22. The Morgan fingerprint density at radius 1 is 1.43 bits per heavy atom. The van der Waals surface area contributed by atoms with E-state index in [4.69, 9.17) is 26.0 Å². The van der Waals surface area contributed by atoms with Crippen LogP contribution in [0.5, 0.6) is 0 Å². The average molecular weight is 331 g/mol. The molecule has 0 radical (unpaired) electrons. The van der Waals surface area contributed by atoms with E-state index >= 15 is 0 Å². The van der Waals surface area contributed by atoms with E-state index in [1.165, 1.54) is 0 Å². The van der Waals surface area contributed by atoms with E-state index in [9.17, 15) is 0 Å². The van der Waals surface area contributed by atoms with Gasteiger partial charge in [-0.25, -0.2) is 0 Å². The minimum absolute atomic E-state index is 0.262. The van der Waals surface area contributed by atoms with Crippen molar-refractivity contribution in [1.29, 1.82) is 5.26 Å². The highest BCUT2D eigenvalue weighted by atomic mass is 35.5. The molecule has 118 valence electrons. The lowest BCUT2D eigenvalue weighted by Crippen LogP contribution is -2.36. The number of aromatic nitrogens is 2. The molecule has 3 heterocycles. The first-order valence-electron chi connectivity index (χ1n) is 7.45. The van der Waals surface area contributed by atoms with Gasteiger partial charge in [0, 0.05) is 31.6 Å². The van der Waals surface area contributed by atoms with Crippen molar-refractivity contribution in [2.45, 2.75) is 12.3 Å². The Morgan fingerprint density at radius 2 is 2.30 bits per heavy atom. The molecular formula is C16H15ClN4O2. The van der Waals surface area contributed by atoms with E-state index < -0.39 is 0 Å². The van der Waals surface area contributed by atoms with Gasteiger partial charge in [0.2, 0.25) is 11.8 Å². The third-order valence-corrected chi connectivity index (χ3v) is 5.08. The zero-order valence-electron chi connectivity index (χ0n) is 12.6. The van der Waals surface area contributed by atoms with Gasteiger partial charge in [-0.05, 0) is 18.2 Å². The third kappa shape index (κ3) is 2.19. The SMILES string of the molecule is Cc1nnc([C@@]23COC[C@@H]2CN(c2ccc(C#N)c(Cl)c2)C3)o1. The molecule has 1 aromatic heterocycles. The summed E-state index contributed by atoms with van der Waals surface area (Å²) in [6.07, 6.45) is 0. The molecular weight excluding hydrogens is 316 g/mol. The molecule has 6 nitrogen and oxygen atoms in total. The maximum Gasteiger partial charge on any atom is 0.227 e. The largest absolute Gasteiger partial charge is 0.425 e. The van der Waals surface area contributed by atoms with Crippen LogP contribution < -0.4 is 4.90 Å². The van der Waals surface area contributed by atoms with Crippen molar-refractivity contribution >= 4 is 17.3 Å². The summed E-state index contributed by atoms with van der Waals surface area (Å²) in [4.78, 5) is 2.25. The average Bonchev–Trinajstić information content (AvgIpc) is 3.20. The first-order valence-corrected chi connectivity index (χ1v) is 7.83. The normalized spacial score (nSPS) is 26.3. The first kappa shape index (κ1) is 14.5. The van der Waals surface area contributed by atoms with Gasteiger partial charge in [-0.2, -0.15) is 5.26 Å². The van der Waals surface area contributed by atoms with E-state index in [2.05, 4.69) is 21.2 Å². The molecule has 2 aromatic rings. The van der Waals surface area contributed by atoms with Crippen LogP contribution in [0.15, 0.2) is 22.6 Å². The summed E-state index contributed by atoms with van der Waals surface area (Å²) >= 11 is 6.17. The quantitative estimate of drug-likeness (QED) is 0.841. The number of halogens is 1. The van der Waals surface area contributed by atoms with Crippen LogP contribution in [0.25, 0.3) is 0 Å². The van der Waals surface area contributed by atoms with Gasteiger partial charge in [-0.3, -0.25) is 0 Å². The molecule has 2 atom stereocenters. The van der Waals surface area contributed by atoms with E-state index in [0.29, 0.717) is 41.5 Å².